The Morgan fingerprint density at radius 1 is 1.00 bits per heavy atom. The fourth-order valence-electron chi connectivity index (χ4n) is 4.38. The number of esters is 1. The van der Waals surface area contributed by atoms with Gasteiger partial charge in [0.05, 0.1) is 0 Å². The number of carbonyl (C=O) groups is 2. The van der Waals surface area contributed by atoms with Gasteiger partial charge in [0.1, 0.15) is 12.2 Å². The smallest absolute Gasteiger partial charge is 0.407 e. The molecule has 5 nitrogen and oxygen atoms in total. The summed E-state index contributed by atoms with van der Waals surface area (Å²) in [5.41, 5.74) is 4.85. The first kappa shape index (κ1) is 24.6. The van der Waals surface area contributed by atoms with E-state index in [1.165, 1.54) is 22.3 Å². The SMILES string of the molecule is C/C(=C\[C@@H](C)C[C@H](C)NC(=O)OCC1c2ccccc2-c2ccccc21)C(=O)OC(C)(C)C. The van der Waals surface area contributed by atoms with Crippen LogP contribution in [0.2, 0.25) is 0 Å². The summed E-state index contributed by atoms with van der Waals surface area (Å²) >= 11 is 0. The molecule has 0 heterocycles. The van der Waals surface area contributed by atoms with Crippen molar-refractivity contribution in [2.45, 2.75) is 65.5 Å². The van der Waals surface area contributed by atoms with Gasteiger partial charge in [0.2, 0.25) is 0 Å². The summed E-state index contributed by atoms with van der Waals surface area (Å²) in [5.74, 6) is -0.176. The molecule has 176 valence electrons. The van der Waals surface area contributed by atoms with Crippen molar-refractivity contribution in [1.29, 1.82) is 0 Å². The Kier molecular flexibility index (Phi) is 7.62. The predicted octanol–water partition coefficient (Wildman–Crippen LogP) is 6.23. The molecule has 1 aliphatic carbocycles. The van der Waals surface area contributed by atoms with E-state index in [0.29, 0.717) is 18.6 Å². The molecule has 0 aliphatic heterocycles. The van der Waals surface area contributed by atoms with Crippen LogP contribution in [0, 0.1) is 5.92 Å². The van der Waals surface area contributed by atoms with Crippen LogP contribution in [0.4, 0.5) is 4.79 Å². The number of benzene rings is 2. The average Bonchev–Trinajstić information content (AvgIpc) is 3.04. The van der Waals surface area contributed by atoms with E-state index in [0.717, 1.165) is 0 Å². The number of allylic oxidation sites excluding steroid dienone is 1. The molecule has 0 spiro atoms. The number of ether oxygens (including phenoxy) is 2. The first-order valence-electron chi connectivity index (χ1n) is 11.6. The molecule has 33 heavy (non-hydrogen) atoms. The third-order valence-electron chi connectivity index (χ3n) is 5.69. The van der Waals surface area contributed by atoms with Gasteiger partial charge in [-0.2, -0.15) is 0 Å². The van der Waals surface area contributed by atoms with Crippen molar-refractivity contribution in [3.05, 3.63) is 71.3 Å². The summed E-state index contributed by atoms with van der Waals surface area (Å²) in [5, 5.41) is 2.92. The molecule has 1 amide bonds. The van der Waals surface area contributed by atoms with Gasteiger partial charge in [-0.05, 0) is 69.2 Å². The van der Waals surface area contributed by atoms with Crippen LogP contribution in [-0.4, -0.2) is 30.3 Å². The first-order valence-corrected chi connectivity index (χ1v) is 11.6. The number of amides is 1. The zero-order chi connectivity index (χ0) is 24.2. The maximum absolute atomic E-state index is 12.5. The lowest BCUT2D eigenvalue weighted by Gasteiger charge is -2.21. The Bertz CT molecular complexity index is 989. The number of rotatable bonds is 7. The van der Waals surface area contributed by atoms with Crippen LogP contribution < -0.4 is 5.32 Å². The molecular weight excluding hydrogens is 414 g/mol. The maximum atomic E-state index is 12.5. The number of fused-ring (bicyclic) bond motifs is 3. The fourth-order valence-corrected chi connectivity index (χ4v) is 4.38. The first-order chi connectivity index (χ1) is 15.5. The van der Waals surface area contributed by atoms with E-state index in [4.69, 9.17) is 9.47 Å². The van der Waals surface area contributed by atoms with Gasteiger partial charge in [-0.3, -0.25) is 0 Å². The van der Waals surface area contributed by atoms with E-state index in [1.54, 1.807) is 6.92 Å². The molecule has 1 aliphatic rings. The third-order valence-corrected chi connectivity index (χ3v) is 5.69. The summed E-state index contributed by atoms with van der Waals surface area (Å²) in [4.78, 5) is 24.6. The molecular formula is C28H35NO4. The maximum Gasteiger partial charge on any atom is 0.407 e. The molecule has 3 rings (SSSR count). The molecule has 2 aromatic rings. The van der Waals surface area contributed by atoms with Crippen molar-refractivity contribution < 1.29 is 19.1 Å². The zero-order valence-corrected chi connectivity index (χ0v) is 20.5. The molecule has 0 bridgehead atoms. The van der Waals surface area contributed by atoms with E-state index >= 15 is 0 Å². The van der Waals surface area contributed by atoms with Crippen LogP contribution in [0.15, 0.2) is 60.2 Å². The van der Waals surface area contributed by atoms with Crippen molar-refractivity contribution >= 4 is 12.1 Å². The highest BCUT2D eigenvalue weighted by atomic mass is 16.6. The minimum absolute atomic E-state index is 0.0387. The van der Waals surface area contributed by atoms with E-state index in [9.17, 15) is 9.59 Å². The van der Waals surface area contributed by atoms with Gasteiger partial charge in [0, 0.05) is 17.5 Å². The number of hydrogen-bond acceptors (Lipinski definition) is 4. The molecule has 0 radical (unpaired) electrons. The van der Waals surface area contributed by atoms with Crippen LogP contribution in [0.25, 0.3) is 11.1 Å². The normalized spacial score (nSPS) is 15.3. The van der Waals surface area contributed by atoms with Gasteiger partial charge in [-0.1, -0.05) is 61.5 Å². The number of carbonyl (C=O) groups excluding carboxylic acids is 2. The van der Waals surface area contributed by atoms with Crippen LogP contribution in [0.1, 0.15) is 65.0 Å². The average molecular weight is 450 g/mol. The minimum atomic E-state index is -0.519. The summed E-state index contributed by atoms with van der Waals surface area (Å²) in [6.07, 6.45) is 2.15. The topological polar surface area (TPSA) is 64.6 Å². The molecule has 0 aromatic heterocycles. The summed E-state index contributed by atoms with van der Waals surface area (Å²) in [6, 6.07) is 16.5. The van der Waals surface area contributed by atoms with Gasteiger partial charge in [0.25, 0.3) is 0 Å². The highest BCUT2D eigenvalue weighted by molar-refractivity contribution is 5.88. The van der Waals surface area contributed by atoms with E-state index in [1.807, 2.05) is 65.0 Å². The van der Waals surface area contributed by atoms with Gasteiger partial charge < -0.3 is 14.8 Å². The molecule has 1 N–H and O–H groups in total. The standard InChI is InChI=1S/C28H35NO4/c1-18(15-19(2)26(30)33-28(4,5)6)16-20(3)29-27(31)32-17-25-23-13-9-7-11-21(23)22-12-8-10-14-24(22)25/h7-15,18,20,25H,16-17H2,1-6H3,(H,29,31)/b19-15+/t18-,20+/m1/s1. The van der Waals surface area contributed by atoms with Crippen molar-refractivity contribution in [2.75, 3.05) is 6.61 Å². The second-order valence-electron chi connectivity index (χ2n) is 9.94. The van der Waals surface area contributed by atoms with E-state index in [2.05, 4.69) is 29.6 Å². The lowest BCUT2D eigenvalue weighted by molar-refractivity contribution is -0.149. The summed E-state index contributed by atoms with van der Waals surface area (Å²) in [7, 11) is 0. The number of alkyl carbamates (subject to hydrolysis) is 1. The second-order valence-corrected chi connectivity index (χ2v) is 9.94. The van der Waals surface area contributed by atoms with Crippen LogP contribution >= 0.6 is 0 Å². The van der Waals surface area contributed by atoms with Crippen molar-refractivity contribution in [3.8, 4) is 11.1 Å². The Hall–Kier alpha value is -3.08. The van der Waals surface area contributed by atoms with Gasteiger partial charge in [-0.15, -0.1) is 0 Å². The lowest BCUT2D eigenvalue weighted by Crippen LogP contribution is -2.34. The molecule has 0 fully saturated rings. The van der Waals surface area contributed by atoms with Crippen LogP contribution in [-0.2, 0) is 14.3 Å². The lowest BCUT2D eigenvalue weighted by atomic mass is 9.98. The molecule has 2 atom stereocenters. The predicted molar refractivity (Wildman–Crippen MR) is 131 cm³/mol. The largest absolute Gasteiger partial charge is 0.457 e. The van der Waals surface area contributed by atoms with E-state index < -0.39 is 11.7 Å². The fraction of sp³-hybridized carbons (Fsp3) is 0.429. The summed E-state index contributed by atoms with van der Waals surface area (Å²) in [6.45, 7) is 11.6. The highest BCUT2D eigenvalue weighted by Crippen LogP contribution is 2.44. The molecule has 2 aromatic carbocycles. The van der Waals surface area contributed by atoms with Gasteiger partial charge in [0.15, 0.2) is 0 Å². The van der Waals surface area contributed by atoms with Crippen LogP contribution in [0.5, 0.6) is 0 Å². The number of nitrogens with one attached hydrogen (secondary N) is 1. The van der Waals surface area contributed by atoms with E-state index in [-0.39, 0.29) is 23.8 Å². The Balaban J connectivity index is 1.52. The van der Waals surface area contributed by atoms with Gasteiger partial charge >= 0.3 is 12.1 Å². The quantitative estimate of drug-likeness (QED) is 0.402. The summed E-state index contributed by atoms with van der Waals surface area (Å²) < 4.78 is 11.0. The van der Waals surface area contributed by atoms with Gasteiger partial charge in [-0.25, -0.2) is 9.59 Å². The Morgan fingerprint density at radius 2 is 1.55 bits per heavy atom. The monoisotopic (exact) mass is 449 g/mol. The van der Waals surface area contributed by atoms with Crippen molar-refractivity contribution in [3.63, 3.8) is 0 Å². The Labute approximate surface area is 197 Å². The molecule has 0 unspecified atom stereocenters. The second kappa shape index (κ2) is 10.2. The molecule has 0 saturated carbocycles. The van der Waals surface area contributed by atoms with Crippen molar-refractivity contribution in [2.24, 2.45) is 5.92 Å². The molecule has 0 saturated heterocycles. The third kappa shape index (κ3) is 6.47. The molecule has 5 heteroatoms. The highest BCUT2D eigenvalue weighted by Gasteiger charge is 2.29. The van der Waals surface area contributed by atoms with Crippen LogP contribution in [0.3, 0.4) is 0 Å². The number of hydrogen-bond donors (Lipinski definition) is 1. The Morgan fingerprint density at radius 3 is 2.09 bits per heavy atom. The minimum Gasteiger partial charge on any atom is -0.457 e. The van der Waals surface area contributed by atoms with Crippen molar-refractivity contribution in [1.82, 2.24) is 5.32 Å². The zero-order valence-electron chi connectivity index (χ0n) is 20.5.